The minimum Gasteiger partial charge on any atom is -0.481 e. The van der Waals surface area contributed by atoms with Crippen molar-refractivity contribution < 1.29 is 27.1 Å². The maximum Gasteiger partial charge on any atom is 0.237 e. The molecule has 9 heteroatoms. The van der Waals surface area contributed by atoms with E-state index in [0.717, 1.165) is 0 Å². The van der Waals surface area contributed by atoms with Crippen LogP contribution < -0.4 is 9.46 Å². The van der Waals surface area contributed by atoms with Crippen LogP contribution in [0, 0.1) is 22.6 Å². The molecular formula is C27H35FN2O5S. The van der Waals surface area contributed by atoms with Crippen LogP contribution in [0.4, 0.5) is 4.39 Å². The molecule has 0 spiro atoms. The van der Waals surface area contributed by atoms with Crippen molar-refractivity contribution >= 4 is 21.7 Å². The predicted molar refractivity (Wildman–Crippen MR) is 137 cm³/mol. The standard InChI is InChI=1S/C27H35FN2O5S/c1-16(2)20-12-19(28)13-21(18-8-9-29-25(11-18)35-7)22(20)14-24(32)30-36(33,34)15-27(6)23(31)10-17(3)26(27,4)5/h8-9,11-13,16-17H,10,14-15H2,1-7H3,(H,30,32). The van der Waals surface area contributed by atoms with Gasteiger partial charge in [-0.1, -0.05) is 41.5 Å². The van der Waals surface area contributed by atoms with E-state index in [1.54, 1.807) is 19.1 Å². The molecule has 1 fully saturated rings. The molecule has 1 aliphatic carbocycles. The number of ketones is 1. The van der Waals surface area contributed by atoms with Crippen LogP contribution in [0.15, 0.2) is 30.5 Å². The van der Waals surface area contributed by atoms with E-state index in [-0.39, 0.29) is 24.0 Å². The summed E-state index contributed by atoms with van der Waals surface area (Å²) >= 11 is 0. The maximum atomic E-state index is 14.6. The van der Waals surface area contributed by atoms with E-state index < -0.39 is 38.3 Å². The maximum absolute atomic E-state index is 14.6. The van der Waals surface area contributed by atoms with Gasteiger partial charge in [0.1, 0.15) is 11.6 Å². The summed E-state index contributed by atoms with van der Waals surface area (Å²) < 4.78 is 48.1. The summed E-state index contributed by atoms with van der Waals surface area (Å²) in [4.78, 5) is 29.9. The molecule has 1 saturated carbocycles. The number of nitrogens with one attached hydrogen (secondary N) is 1. The lowest BCUT2D eigenvalue weighted by Crippen LogP contribution is -2.47. The number of aromatic nitrogens is 1. The molecule has 2 atom stereocenters. The second-order valence-electron chi connectivity index (χ2n) is 10.8. The number of hydrogen-bond acceptors (Lipinski definition) is 6. The van der Waals surface area contributed by atoms with Gasteiger partial charge in [-0.15, -0.1) is 0 Å². The van der Waals surface area contributed by atoms with Crippen LogP contribution >= 0.6 is 0 Å². The summed E-state index contributed by atoms with van der Waals surface area (Å²) in [6.45, 7) is 11.1. The van der Waals surface area contributed by atoms with Gasteiger partial charge in [0.05, 0.1) is 19.3 Å². The highest BCUT2D eigenvalue weighted by Gasteiger charge is 2.57. The zero-order valence-electron chi connectivity index (χ0n) is 21.9. The minimum atomic E-state index is -4.12. The van der Waals surface area contributed by atoms with Gasteiger partial charge in [-0.25, -0.2) is 17.8 Å². The van der Waals surface area contributed by atoms with Crippen molar-refractivity contribution in [2.45, 2.75) is 60.3 Å². The number of carbonyl (C=O) groups excluding carboxylic acids is 2. The number of hydrogen-bond donors (Lipinski definition) is 1. The first-order chi connectivity index (χ1) is 16.6. The Morgan fingerprint density at radius 3 is 2.47 bits per heavy atom. The van der Waals surface area contributed by atoms with Gasteiger partial charge in [-0.2, -0.15) is 0 Å². The van der Waals surface area contributed by atoms with Crippen molar-refractivity contribution in [1.82, 2.24) is 9.71 Å². The number of halogens is 1. The summed E-state index contributed by atoms with van der Waals surface area (Å²) in [6, 6.07) is 5.99. The molecular weight excluding hydrogens is 483 g/mol. The summed E-state index contributed by atoms with van der Waals surface area (Å²) in [5, 5.41) is 0. The van der Waals surface area contributed by atoms with Crippen molar-refractivity contribution in [3.63, 3.8) is 0 Å². The molecule has 1 aromatic heterocycles. The molecule has 36 heavy (non-hydrogen) atoms. The number of pyridine rings is 1. The largest absolute Gasteiger partial charge is 0.481 e. The molecule has 7 nitrogen and oxygen atoms in total. The van der Waals surface area contributed by atoms with Crippen LogP contribution in [0.3, 0.4) is 0 Å². The fourth-order valence-corrected chi connectivity index (χ4v) is 6.82. The quantitative estimate of drug-likeness (QED) is 0.546. The second kappa shape index (κ2) is 9.92. The molecule has 2 aromatic rings. The fraction of sp³-hybridized carbons (Fsp3) is 0.519. The molecule has 0 radical (unpaired) electrons. The number of rotatable bonds is 8. The number of nitrogens with zero attached hydrogens (tertiary/aromatic N) is 1. The number of amides is 1. The smallest absolute Gasteiger partial charge is 0.237 e. The molecule has 1 amide bonds. The second-order valence-corrected chi connectivity index (χ2v) is 12.5. The molecule has 0 saturated heterocycles. The highest BCUT2D eigenvalue weighted by atomic mass is 32.2. The van der Waals surface area contributed by atoms with Gasteiger partial charge in [0.15, 0.2) is 0 Å². The predicted octanol–water partition coefficient (Wildman–Crippen LogP) is 4.65. The van der Waals surface area contributed by atoms with E-state index in [9.17, 15) is 22.4 Å². The van der Waals surface area contributed by atoms with Crippen LogP contribution in [0.5, 0.6) is 5.88 Å². The van der Waals surface area contributed by atoms with Gasteiger partial charge < -0.3 is 4.74 Å². The van der Waals surface area contributed by atoms with Gasteiger partial charge in [0.2, 0.25) is 21.8 Å². The third kappa shape index (κ3) is 5.31. The van der Waals surface area contributed by atoms with E-state index >= 15 is 0 Å². The van der Waals surface area contributed by atoms with Gasteiger partial charge in [-0.3, -0.25) is 14.3 Å². The highest BCUT2D eigenvalue weighted by Crippen LogP contribution is 2.54. The Hall–Kier alpha value is -2.81. The number of Topliss-reactive ketones (excluding diaryl/α,β-unsaturated/α-hetero) is 1. The van der Waals surface area contributed by atoms with E-state index in [0.29, 0.717) is 34.6 Å². The Morgan fingerprint density at radius 2 is 1.92 bits per heavy atom. The lowest BCUT2D eigenvalue weighted by molar-refractivity contribution is -0.127. The molecule has 1 heterocycles. The third-order valence-electron chi connectivity index (χ3n) is 7.97. The fourth-order valence-electron chi connectivity index (χ4n) is 5.03. The molecule has 1 N–H and O–H groups in total. The number of benzene rings is 1. The molecule has 0 bridgehead atoms. The van der Waals surface area contributed by atoms with Crippen LogP contribution in [-0.2, 0) is 26.0 Å². The van der Waals surface area contributed by atoms with Gasteiger partial charge in [0, 0.05) is 24.1 Å². The molecule has 1 aliphatic rings. The average Bonchev–Trinajstić information content (AvgIpc) is 2.92. The number of sulfonamides is 1. The SMILES string of the molecule is COc1cc(-c2cc(F)cc(C(C)C)c2CC(=O)NS(=O)(=O)CC2(C)C(=O)CC(C)C2(C)C)ccn1. The van der Waals surface area contributed by atoms with Gasteiger partial charge >= 0.3 is 0 Å². The monoisotopic (exact) mass is 518 g/mol. The summed E-state index contributed by atoms with van der Waals surface area (Å²) in [6.07, 6.45) is 1.54. The molecule has 3 rings (SSSR count). The normalized spacial score (nSPS) is 21.6. The summed E-state index contributed by atoms with van der Waals surface area (Å²) in [5.74, 6) is -1.58. The Bertz CT molecular complexity index is 1290. The van der Waals surface area contributed by atoms with Crippen molar-refractivity contribution in [2.75, 3.05) is 12.9 Å². The van der Waals surface area contributed by atoms with Crippen molar-refractivity contribution in [3.8, 4) is 17.0 Å². The van der Waals surface area contributed by atoms with E-state index in [4.69, 9.17) is 4.74 Å². The van der Waals surface area contributed by atoms with Crippen molar-refractivity contribution in [3.05, 3.63) is 47.4 Å². The first-order valence-corrected chi connectivity index (χ1v) is 13.7. The minimum absolute atomic E-state index is 0.0219. The van der Waals surface area contributed by atoms with Crippen LogP contribution in [0.2, 0.25) is 0 Å². The Morgan fingerprint density at radius 1 is 1.25 bits per heavy atom. The molecule has 2 unspecified atom stereocenters. The van der Waals surface area contributed by atoms with Crippen LogP contribution in [-0.4, -0.2) is 38.0 Å². The molecule has 196 valence electrons. The van der Waals surface area contributed by atoms with E-state index in [1.165, 1.54) is 25.4 Å². The van der Waals surface area contributed by atoms with Crippen LogP contribution in [0.25, 0.3) is 11.1 Å². The Kier molecular flexibility index (Phi) is 7.65. The van der Waals surface area contributed by atoms with Crippen LogP contribution in [0.1, 0.15) is 65.0 Å². The third-order valence-corrected chi connectivity index (χ3v) is 9.47. The average molecular weight is 519 g/mol. The Labute approximate surface area is 212 Å². The number of ether oxygens (including phenoxy) is 1. The molecule has 1 aromatic carbocycles. The van der Waals surface area contributed by atoms with Gasteiger partial charge in [0.25, 0.3) is 0 Å². The summed E-state index contributed by atoms with van der Waals surface area (Å²) in [5.41, 5.74) is 0.507. The van der Waals surface area contributed by atoms with Crippen molar-refractivity contribution in [1.29, 1.82) is 0 Å². The molecule has 0 aliphatic heterocycles. The first kappa shape index (κ1) is 27.8. The number of carbonyl (C=O) groups is 2. The zero-order chi connectivity index (χ0) is 27.1. The van der Waals surface area contributed by atoms with Gasteiger partial charge in [-0.05, 0) is 57.7 Å². The van der Waals surface area contributed by atoms with E-state index in [1.807, 2.05) is 34.6 Å². The first-order valence-electron chi connectivity index (χ1n) is 12.0. The lowest BCUT2D eigenvalue weighted by atomic mass is 9.67. The lowest BCUT2D eigenvalue weighted by Gasteiger charge is -2.39. The van der Waals surface area contributed by atoms with Crippen molar-refractivity contribution in [2.24, 2.45) is 16.7 Å². The number of methoxy groups -OCH3 is 1. The zero-order valence-corrected chi connectivity index (χ0v) is 22.8. The van der Waals surface area contributed by atoms with E-state index in [2.05, 4.69) is 9.71 Å². The highest BCUT2D eigenvalue weighted by molar-refractivity contribution is 7.90. The topological polar surface area (TPSA) is 102 Å². The Balaban J connectivity index is 1.94. The summed E-state index contributed by atoms with van der Waals surface area (Å²) in [7, 11) is -2.66.